The Bertz CT molecular complexity index is 1020. The summed E-state index contributed by atoms with van der Waals surface area (Å²) in [7, 11) is 1.66. The molecule has 0 unspecified atom stereocenters. The molecule has 2 heterocycles. The molecule has 0 aliphatic carbocycles. The van der Waals surface area contributed by atoms with Crippen LogP contribution in [0.15, 0.2) is 60.7 Å². The van der Waals surface area contributed by atoms with Crippen LogP contribution in [-0.4, -0.2) is 26.9 Å². The van der Waals surface area contributed by atoms with Gasteiger partial charge in [-0.2, -0.15) is 4.52 Å². The quantitative estimate of drug-likeness (QED) is 0.597. The molecule has 130 valence electrons. The van der Waals surface area contributed by atoms with Crippen molar-refractivity contribution in [2.24, 2.45) is 0 Å². The smallest absolute Gasteiger partial charge is 0.185 e. The van der Waals surface area contributed by atoms with E-state index in [0.717, 1.165) is 34.2 Å². The van der Waals surface area contributed by atoms with Crippen LogP contribution in [0.25, 0.3) is 17.0 Å². The van der Waals surface area contributed by atoms with E-state index in [0.29, 0.717) is 6.54 Å². The van der Waals surface area contributed by atoms with Gasteiger partial charge >= 0.3 is 0 Å². The monoisotopic (exact) mass is 345 g/mol. The predicted molar refractivity (Wildman–Crippen MR) is 101 cm³/mol. The lowest BCUT2D eigenvalue weighted by Gasteiger charge is -2.07. The van der Waals surface area contributed by atoms with E-state index in [1.54, 1.807) is 11.6 Å². The first kappa shape index (κ1) is 16.1. The van der Waals surface area contributed by atoms with Gasteiger partial charge in [0.05, 0.1) is 7.11 Å². The summed E-state index contributed by atoms with van der Waals surface area (Å²) in [6.07, 6.45) is 0. The fourth-order valence-electron chi connectivity index (χ4n) is 2.70. The lowest BCUT2D eigenvalue weighted by Crippen LogP contribution is -2.04. The van der Waals surface area contributed by atoms with Crippen molar-refractivity contribution in [2.45, 2.75) is 13.5 Å². The minimum atomic E-state index is 0.671. The normalized spacial score (nSPS) is 10.8. The first-order valence-electron chi connectivity index (χ1n) is 8.39. The predicted octanol–water partition coefficient (Wildman–Crippen LogP) is 3.72. The van der Waals surface area contributed by atoms with Crippen molar-refractivity contribution in [1.82, 2.24) is 19.8 Å². The molecule has 0 bridgehead atoms. The average molecular weight is 345 g/mol. The minimum absolute atomic E-state index is 0.671. The van der Waals surface area contributed by atoms with Gasteiger partial charge in [-0.15, -0.1) is 15.3 Å². The Morgan fingerprint density at radius 2 is 1.69 bits per heavy atom. The molecule has 0 saturated carbocycles. The maximum Gasteiger partial charge on any atom is 0.185 e. The number of ether oxygens (including phenoxy) is 1. The highest BCUT2D eigenvalue weighted by molar-refractivity contribution is 5.59. The van der Waals surface area contributed by atoms with Crippen LogP contribution in [0.1, 0.15) is 11.1 Å². The summed E-state index contributed by atoms with van der Waals surface area (Å²) >= 11 is 0. The van der Waals surface area contributed by atoms with Gasteiger partial charge in [0.25, 0.3) is 0 Å². The molecule has 0 amide bonds. The van der Waals surface area contributed by atoms with Gasteiger partial charge in [0.1, 0.15) is 11.6 Å². The Hall–Kier alpha value is -3.41. The van der Waals surface area contributed by atoms with Gasteiger partial charge in [-0.05, 0) is 36.8 Å². The molecule has 2 aromatic heterocycles. The summed E-state index contributed by atoms with van der Waals surface area (Å²) in [5.41, 5.74) is 4.06. The van der Waals surface area contributed by atoms with Gasteiger partial charge in [0, 0.05) is 12.1 Å². The highest BCUT2D eigenvalue weighted by atomic mass is 16.5. The van der Waals surface area contributed by atoms with Gasteiger partial charge in [-0.25, -0.2) is 0 Å². The molecule has 6 nitrogen and oxygen atoms in total. The van der Waals surface area contributed by atoms with Crippen LogP contribution >= 0.6 is 0 Å². The maximum absolute atomic E-state index is 5.18. The lowest BCUT2D eigenvalue weighted by molar-refractivity contribution is 0.414. The summed E-state index contributed by atoms with van der Waals surface area (Å²) in [4.78, 5) is 0. The van der Waals surface area contributed by atoms with Crippen LogP contribution in [0.5, 0.6) is 5.75 Å². The zero-order valence-corrected chi connectivity index (χ0v) is 14.7. The van der Waals surface area contributed by atoms with E-state index in [1.165, 1.54) is 5.56 Å². The van der Waals surface area contributed by atoms with E-state index < -0.39 is 0 Å². The van der Waals surface area contributed by atoms with Gasteiger partial charge in [0.2, 0.25) is 0 Å². The van der Waals surface area contributed by atoms with E-state index in [1.807, 2.05) is 48.5 Å². The summed E-state index contributed by atoms with van der Waals surface area (Å²) < 4.78 is 6.95. The molecule has 26 heavy (non-hydrogen) atoms. The van der Waals surface area contributed by atoms with Crippen molar-refractivity contribution in [3.8, 4) is 17.1 Å². The number of benzene rings is 2. The molecule has 4 aromatic rings. The van der Waals surface area contributed by atoms with E-state index in [4.69, 9.17) is 4.74 Å². The molecular formula is C20H19N5O. The van der Waals surface area contributed by atoms with E-state index in [2.05, 4.69) is 39.7 Å². The summed E-state index contributed by atoms with van der Waals surface area (Å²) in [6.45, 7) is 2.73. The fraction of sp³-hybridized carbons (Fsp3) is 0.150. The Labute approximate surface area is 151 Å². The number of aromatic nitrogens is 4. The van der Waals surface area contributed by atoms with E-state index in [9.17, 15) is 0 Å². The van der Waals surface area contributed by atoms with Crippen molar-refractivity contribution < 1.29 is 4.74 Å². The molecule has 0 radical (unpaired) electrons. The Balaban J connectivity index is 1.58. The molecule has 4 rings (SSSR count). The highest BCUT2D eigenvalue weighted by Crippen LogP contribution is 2.19. The van der Waals surface area contributed by atoms with Crippen LogP contribution in [0, 0.1) is 6.92 Å². The largest absolute Gasteiger partial charge is 0.497 e. The summed E-state index contributed by atoms with van der Waals surface area (Å²) in [6, 6.07) is 20.0. The Morgan fingerprint density at radius 1 is 0.923 bits per heavy atom. The number of nitrogens with one attached hydrogen (secondary N) is 1. The number of aryl methyl sites for hydroxylation is 1. The van der Waals surface area contributed by atoms with Gasteiger partial charge < -0.3 is 10.1 Å². The average Bonchev–Trinajstić information content (AvgIpc) is 3.10. The van der Waals surface area contributed by atoms with Crippen molar-refractivity contribution in [3.05, 3.63) is 71.8 Å². The Kier molecular flexibility index (Phi) is 4.23. The second-order valence-electron chi connectivity index (χ2n) is 6.08. The molecule has 6 heteroatoms. The van der Waals surface area contributed by atoms with Crippen LogP contribution in [0.3, 0.4) is 0 Å². The number of anilines is 1. The molecule has 0 spiro atoms. The standard InChI is InChI=1S/C20H19N5O/c1-14-3-7-16(8-4-14)20-23-22-19-12-11-18(24-25(19)20)21-13-15-5-9-17(26-2)10-6-15/h3-12H,13H2,1-2H3,(H,21,24). The number of methoxy groups -OCH3 is 1. The number of hydrogen-bond donors (Lipinski definition) is 1. The highest BCUT2D eigenvalue weighted by Gasteiger charge is 2.09. The van der Waals surface area contributed by atoms with Gasteiger partial charge in [0.15, 0.2) is 11.5 Å². The molecule has 0 aliphatic heterocycles. The third-order valence-corrected chi connectivity index (χ3v) is 4.21. The number of fused-ring (bicyclic) bond motifs is 1. The fourth-order valence-corrected chi connectivity index (χ4v) is 2.70. The molecular weight excluding hydrogens is 326 g/mol. The van der Waals surface area contributed by atoms with Crippen LogP contribution in [0.2, 0.25) is 0 Å². The molecule has 0 atom stereocenters. The number of rotatable bonds is 5. The van der Waals surface area contributed by atoms with Crippen molar-refractivity contribution >= 4 is 11.5 Å². The maximum atomic E-state index is 5.18. The zero-order chi connectivity index (χ0) is 17.9. The van der Waals surface area contributed by atoms with Gasteiger partial charge in [-0.1, -0.05) is 42.0 Å². The number of nitrogens with zero attached hydrogens (tertiary/aromatic N) is 4. The third kappa shape index (κ3) is 3.21. The second kappa shape index (κ2) is 6.84. The molecule has 1 N–H and O–H groups in total. The Morgan fingerprint density at radius 3 is 2.42 bits per heavy atom. The van der Waals surface area contributed by atoms with E-state index in [-0.39, 0.29) is 0 Å². The third-order valence-electron chi connectivity index (χ3n) is 4.21. The van der Waals surface area contributed by atoms with Crippen molar-refractivity contribution in [1.29, 1.82) is 0 Å². The van der Waals surface area contributed by atoms with Crippen LogP contribution < -0.4 is 10.1 Å². The minimum Gasteiger partial charge on any atom is -0.497 e. The van der Waals surface area contributed by atoms with Crippen LogP contribution in [0.4, 0.5) is 5.82 Å². The number of hydrogen-bond acceptors (Lipinski definition) is 5. The van der Waals surface area contributed by atoms with Gasteiger partial charge in [-0.3, -0.25) is 0 Å². The molecule has 0 aliphatic rings. The first-order chi connectivity index (χ1) is 12.7. The molecule has 0 fully saturated rings. The second-order valence-corrected chi connectivity index (χ2v) is 6.08. The van der Waals surface area contributed by atoms with Crippen molar-refractivity contribution in [3.63, 3.8) is 0 Å². The molecule has 2 aromatic carbocycles. The SMILES string of the molecule is COc1ccc(CNc2ccc3nnc(-c4ccc(C)cc4)n3n2)cc1. The van der Waals surface area contributed by atoms with Crippen LogP contribution in [-0.2, 0) is 6.54 Å². The lowest BCUT2D eigenvalue weighted by atomic mass is 10.1. The topological polar surface area (TPSA) is 64.3 Å². The first-order valence-corrected chi connectivity index (χ1v) is 8.39. The summed E-state index contributed by atoms with van der Waals surface area (Å²) in [5, 5.41) is 16.5. The summed E-state index contributed by atoms with van der Waals surface area (Å²) in [5.74, 6) is 2.34. The molecule has 0 saturated heterocycles. The van der Waals surface area contributed by atoms with Crippen molar-refractivity contribution in [2.75, 3.05) is 12.4 Å². The van der Waals surface area contributed by atoms with E-state index >= 15 is 0 Å². The zero-order valence-electron chi connectivity index (χ0n) is 14.7.